The van der Waals surface area contributed by atoms with Crippen molar-refractivity contribution in [2.24, 2.45) is 11.7 Å². The van der Waals surface area contributed by atoms with Crippen molar-refractivity contribution in [1.82, 2.24) is 9.97 Å². The number of rotatable bonds is 6. The molecule has 4 rings (SSSR count). The van der Waals surface area contributed by atoms with Gasteiger partial charge in [-0.15, -0.1) is 0 Å². The molecule has 0 bridgehead atoms. The first-order chi connectivity index (χ1) is 11.1. The number of carbonyl (C=O) groups is 1. The molecule has 0 radical (unpaired) electrons. The van der Waals surface area contributed by atoms with Crippen LogP contribution in [0.2, 0.25) is 0 Å². The second-order valence-corrected chi connectivity index (χ2v) is 6.61. The molecule has 0 aromatic carbocycles. The number of hydrogen-bond donors (Lipinski definition) is 1. The van der Waals surface area contributed by atoms with E-state index in [9.17, 15) is 4.79 Å². The molecule has 1 amide bonds. The molecule has 23 heavy (non-hydrogen) atoms. The van der Waals surface area contributed by atoms with Crippen molar-refractivity contribution >= 4 is 11.7 Å². The topological polar surface area (TPSA) is 85.3 Å². The molecule has 0 saturated heterocycles. The summed E-state index contributed by atoms with van der Waals surface area (Å²) in [6, 6.07) is 4.56. The third kappa shape index (κ3) is 2.93. The molecule has 6 heteroatoms. The normalized spacial score (nSPS) is 22.8. The highest BCUT2D eigenvalue weighted by molar-refractivity contribution is 5.90. The molecule has 0 spiro atoms. The van der Waals surface area contributed by atoms with Gasteiger partial charge in [0.15, 0.2) is 0 Å². The van der Waals surface area contributed by atoms with Gasteiger partial charge in [0.05, 0.1) is 18.9 Å². The fourth-order valence-electron chi connectivity index (χ4n) is 2.96. The number of furan rings is 1. The van der Waals surface area contributed by atoms with E-state index in [1.807, 2.05) is 6.07 Å². The van der Waals surface area contributed by atoms with Crippen LogP contribution >= 0.6 is 0 Å². The zero-order valence-electron chi connectivity index (χ0n) is 13.1. The molecule has 2 heterocycles. The van der Waals surface area contributed by atoms with Crippen molar-refractivity contribution in [3.63, 3.8) is 0 Å². The molecule has 6 nitrogen and oxygen atoms in total. The summed E-state index contributed by atoms with van der Waals surface area (Å²) in [6.07, 6.45) is 6.53. The SMILES string of the molecule is C[C@@H]1C[C@@H]1c1ccc(CN(c2cncc(C(N)=O)n2)C2CC2)o1. The number of hydrogen-bond acceptors (Lipinski definition) is 5. The van der Waals surface area contributed by atoms with Gasteiger partial charge in [-0.2, -0.15) is 0 Å². The first kappa shape index (κ1) is 14.2. The Morgan fingerprint density at radius 2 is 2.17 bits per heavy atom. The van der Waals surface area contributed by atoms with Crippen LogP contribution in [0, 0.1) is 5.92 Å². The number of primary amides is 1. The summed E-state index contributed by atoms with van der Waals surface area (Å²) >= 11 is 0. The van der Waals surface area contributed by atoms with Gasteiger partial charge in [0, 0.05) is 12.0 Å². The number of aromatic nitrogens is 2. The third-order valence-electron chi connectivity index (χ3n) is 4.64. The summed E-state index contributed by atoms with van der Waals surface area (Å²) in [5.74, 6) is 3.44. The van der Waals surface area contributed by atoms with Crippen LogP contribution < -0.4 is 10.6 Å². The molecule has 120 valence electrons. The molecule has 0 unspecified atom stereocenters. The predicted molar refractivity (Wildman–Crippen MR) is 85.0 cm³/mol. The zero-order valence-corrected chi connectivity index (χ0v) is 13.1. The first-order valence-corrected chi connectivity index (χ1v) is 8.09. The van der Waals surface area contributed by atoms with E-state index in [0.29, 0.717) is 24.3 Å². The summed E-state index contributed by atoms with van der Waals surface area (Å²) in [7, 11) is 0. The van der Waals surface area contributed by atoms with Crippen LogP contribution in [0.5, 0.6) is 0 Å². The molecule has 2 aromatic rings. The molecule has 0 aliphatic heterocycles. The molecule has 2 N–H and O–H groups in total. The van der Waals surface area contributed by atoms with Crippen molar-refractivity contribution in [3.8, 4) is 0 Å². The van der Waals surface area contributed by atoms with Crippen molar-refractivity contribution in [2.75, 3.05) is 4.90 Å². The fourth-order valence-corrected chi connectivity index (χ4v) is 2.96. The average Bonchev–Trinajstić information content (AvgIpc) is 3.46. The van der Waals surface area contributed by atoms with E-state index in [1.165, 1.54) is 12.6 Å². The van der Waals surface area contributed by atoms with E-state index in [2.05, 4.69) is 27.9 Å². The van der Waals surface area contributed by atoms with Crippen LogP contribution in [0.4, 0.5) is 5.82 Å². The van der Waals surface area contributed by atoms with Gasteiger partial charge in [-0.3, -0.25) is 9.78 Å². The van der Waals surface area contributed by atoms with E-state index in [-0.39, 0.29) is 5.69 Å². The van der Waals surface area contributed by atoms with Crippen LogP contribution in [0.15, 0.2) is 28.9 Å². The second-order valence-electron chi connectivity index (χ2n) is 6.61. The number of nitrogens with zero attached hydrogens (tertiary/aromatic N) is 3. The van der Waals surface area contributed by atoms with Gasteiger partial charge < -0.3 is 15.1 Å². The minimum absolute atomic E-state index is 0.195. The van der Waals surface area contributed by atoms with Gasteiger partial charge in [0.1, 0.15) is 23.0 Å². The highest BCUT2D eigenvalue weighted by Gasteiger charge is 2.37. The molecule has 2 aliphatic carbocycles. The molecule has 2 saturated carbocycles. The Morgan fingerprint density at radius 1 is 1.39 bits per heavy atom. The standard InChI is InChI=1S/C17H20N4O2/c1-10-6-13(10)15-5-4-12(23-15)9-21(11-2-3-11)16-8-19-7-14(20-16)17(18)22/h4-5,7-8,10-11,13H,2-3,6,9H2,1H3,(H2,18,22)/t10-,13+/m1/s1. The van der Waals surface area contributed by atoms with Crippen LogP contribution in [-0.2, 0) is 6.54 Å². The summed E-state index contributed by atoms with van der Waals surface area (Å²) < 4.78 is 6.00. The van der Waals surface area contributed by atoms with Crippen molar-refractivity contribution in [3.05, 3.63) is 41.7 Å². The average molecular weight is 312 g/mol. The van der Waals surface area contributed by atoms with E-state index < -0.39 is 5.91 Å². The molecule has 2 aliphatic rings. The molecule has 2 aromatic heterocycles. The zero-order chi connectivity index (χ0) is 16.0. The van der Waals surface area contributed by atoms with Crippen LogP contribution in [-0.4, -0.2) is 21.9 Å². The third-order valence-corrected chi connectivity index (χ3v) is 4.64. The first-order valence-electron chi connectivity index (χ1n) is 8.09. The predicted octanol–water partition coefficient (Wildman–Crippen LogP) is 2.46. The number of amides is 1. The van der Waals surface area contributed by atoms with Crippen LogP contribution in [0.1, 0.15) is 54.1 Å². The highest BCUT2D eigenvalue weighted by atomic mass is 16.3. The minimum atomic E-state index is -0.557. The fraction of sp³-hybridized carbons (Fsp3) is 0.471. The lowest BCUT2D eigenvalue weighted by Crippen LogP contribution is -2.27. The summed E-state index contributed by atoms with van der Waals surface area (Å²) in [5.41, 5.74) is 5.50. The Bertz CT molecular complexity index is 738. The van der Waals surface area contributed by atoms with E-state index in [4.69, 9.17) is 10.2 Å². The van der Waals surface area contributed by atoms with Gasteiger partial charge >= 0.3 is 0 Å². The Kier molecular flexibility index (Phi) is 3.32. The summed E-state index contributed by atoms with van der Waals surface area (Å²) in [4.78, 5) is 21.9. The van der Waals surface area contributed by atoms with Gasteiger partial charge in [0.2, 0.25) is 0 Å². The molecular formula is C17H20N4O2. The van der Waals surface area contributed by atoms with E-state index in [1.54, 1.807) is 6.20 Å². The highest BCUT2D eigenvalue weighted by Crippen LogP contribution is 2.47. The Morgan fingerprint density at radius 3 is 2.83 bits per heavy atom. The second kappa shape index (κ2) is 5.37. The van der Waals surface area contributed by atoms with Crippen molar-refractivity contribution in [2.45, 2.75) is 44.7 Å². The van der Waals surface area contributed by atoms with E-state index in [0.717, 1.165) is 30.3 Å². The minimum Gasteiger partial charge on any atom is -0.464 e. The van der Waals surface area contributed by atoms with E-state index >= 15 is 0 Å². The molecule has 2 fully saturated rings. The monoisotopic (exact) mass is 312 g/mol. The van der Waals surface area contributed by atoms with Crippen LogP contribution in [0.25, 0.3) is 0 Å². The van der Waals surface area contributed by atoms with Crippen molar-refractivity contribution < 1.29 is 9.21 Å². The lowest BCUT2D eigenvalue weighted by molar-refractivity contribution is 0.0995. The maximum atomic E-state index is 11.3. The maximum Gasteiger partial charge on any atom is 0.268 e. The largest absolute Gasteiger partial charge is 0.464 e. The Labute approximate surface area is 134 Å². The number of nitrogens with two attached hydrogens (primary N) is 1. The van der Waals surface area contributed by atoms with Gasteiger partial charge in [-0.1, -0.05) is 6.92 Å². The number of carbonyl (C=O) groups excluding carboxylic acids is 1. The van der Waals surface area contributed by atoms with Crippen LogP contribution in [0.3, 0.4) is 0 Å². The van der Waals surface area contributed by atoms with Crippen molar-refractivity contribution in [1.29, 1.82) is 0 Å². The Hall–Kier alpha value is -2.37. The van der Waals surface area contributed by atoms with Gasteiger partial charge in [0.25, 0.3) is 5.91 Å². The molecular weight excluding hydrogens is 292 g/mol. The summed E-state index contributed by atoms with van der Waals surface area (Å²) in [6.45, 7) is 2.89. The lowest BCUT2D eigenvalue weighted by Gasteiger charge is -2.22. The maximum absolute atomic E-state index is 11.3. The summed E-state index contributed by atoms with van der Waals surface area (Å²) in [5, 5.41) is 0. The van der Waals surface area contributed by atoms with Gasteiger partial charge in [-0.05, 0) is 37.3 Å². The Balaban J connectivity index is 1.55. The lowest BCUT2D eigenvalue weighted by atomic mass is 10.3. The quantitative estimate of drug-likeness (QED) is 0.885. The molecule has 2 atom stereocenters. The number of anilines is 1. The van der Waals surface area contributed by atoms with Gasteiger partial charge in [-0.25, -0.2) is 4.98 Å². The smallest absolute Gasteiger partial charge is 0.268 e.